The Labute approximate surface area is 180 Å². The lowest BCUT2D eigenvalue weighted by atomic mass is 9.75. The molecule has 3 nitrogen and oxygen atoms in total. The third-order valence-electron chi connectivity index (χ3n) is 5.47. The Morgan fingerprint density at radius 2 is 1.44 bits per heavy atom. The van der Waals surface area contributed by atoms with Gasteiger partial charge in [0.2, 0.25) is 5.82 Å². The first-order valence-corrected chi connectivity index (χ1v) is 9.80. The zero-order valence-corrected chi connectivity index (χ0v) is 16.5. The van der Waals surface area contributed by atoms with Crippen molar-refractivity contribution in [2.45, 2.75) is 12.8 Å². The van der Waals surface area contributed by atoms with Crippen molar-refractivity contribution in [3.63, 3.8) is 0 Å². The number of rotatable bonds is 3. The van der Waals surface area contributed by atoms with Gasteiger partial charge in [-0.25, -0.2) is 26.7 Å². The van der Waals surface area contributed by atoms with Gasteiger partial charge in [0.1, 0.15) is 5.56 Å². The fourth-order valence-electron chi connectivity index (χ4n) is 3.89. The molecule has 32 heavy (non-hydrogen) atoms. The van der Waals surface area contributed by atoms with Crippen molar-refractivity contribution < 1.29 is 31.6 Å². The number of benzene rings is 2. The first-order valence-electron chi connectivity index (χ1n) is 9.80. The van der Waals surface area contributed by atoms with Crippen molar-refractivity contribution in [2.24, 2.45) is 17.0 Å². The number of hydrogen-bond donors (Lipinski definition) is 0. The molecule has 0 bridgehead atoms. The van der Waals surface area contributed by atoms with Crippen molar-refractivity contribution in [3.8, 4) is 0 Å². The van der Waals surface area contributed by atoms with Crippen molar-refractivity contribution in [2.75, 3.05) is 0 Å². The third-order valence-corrected chi connectivity index (χ3v) is 5.47. The normalized spacial score (nSPS) is 19.2. The van der Waals surface area contributed by atoms with Crippen LogP contribution in [0.4, 0.5) is 22.0 Å². The fraction of sp³-hybridized carbons (Fsp3) is 0.167. The first-order chi connectivity index (χ1) is 15.4. The highest BCUT2D eigenvalue weighted by Crippen LogP contribution is 2.33. The van der Waals surface area contributed by atoms with Crippen molar-refractivity contribution in [3.05, 3.63) is 106 Å². The monoisotopic (exact) mass is 445 g/mol. The molecule has 0 amide bonds. The lowest BCUT2D eigenvalue weighted by molar-refractivity contribution is 0.0498. The summed E-state index contributed by atoms with van der Waals surface area (Å²) in [6, 6.07) is 7.26. The van der Waals surface area contributed by atoms with Gasteiger partial charge in [-0.2, -0.15) is 0 Å². The summed E-state index contributed by atoms with van der Waals surface area (Å²) in [5.74, 6) is -13.5. The number of carbonyl (C=O) groups is 1. The van der Waals surface area contributed by atoms with E-state index in [0.29, 0.717) is 17.7 Å². The van der Waals surface area contributed by atoms with Gasteiger partial charge in [-0.3, -0.25) is 0 Å². The van der Waals surface area contributed by atoms with E-state index in [1.807, 2.05) is 48.6 Å². The summed E-state index contributed by atoms with van der Waals surface area (Å²) in [7, 11) is 0. The Morgan fingerprint density at radius 1 is 0.844 bits per heavy atom. The Balaban J connectivity index is 1.73. The number of carbonyl (C=O) groups excluding carboxylic acids is 1. The van der Waals surface area contributed by atoms with Gasteiger partial charge in [0.25, 0.3) is 0 Å². The van der Waals surface area contributed by atoms with Crippen molar-refractivity contribution in [1.82, 2.24) is 0 Å². The second-order valence-electron chi connectivity index (χ2n) is 7.33. The van der Waals surface area contributed by atoms with Gasteiger partial charge in [0.05, 0.1) is 5.71 Å². The van der Waals surface area contributed by atoms with Gasteiger partial charge in [-0.15, -0.1) is 0 Å². The average molecular weight is 445 g/mol. The first kappa shape index (κ1) is 21.7. The van der Waals surface area contributed by atoms with E-state index in [0.717, 1.165) is 12.0 Å². The van der Waals surface area contributed by atoms with Gasteiger partial charge in [0, 0.05) is 17.4 Å². The number of hydrogen-bond acceptors (Lipinski definition) is 3. The van der Waals surface area contributed by atoms with Crippen molar-refractivity contribution >= 4 is 11.7 Å². The molecule has 0 heterocycles. The van der Waals surface area contributed by atoms with Crippen LogP contribution in [-0.4, -0.2) is 11.7 Å². The predicted octanol–water partition coefficient (Wildman–Crippen LogP) is 5.80. The molecule has 8 heteroatoms. The number of nitrogens with zero attached hydrogens (tertiary/aromatic N) is 1. The highest BCUT2D eigenvalue weighted by Gasteiger charge is 2.33. The lowest BCUT2D eigenvalue weighted by Gasteiger charge is -2.29. The van der Waals surface area contributed by atoms with E-state index in [2.05, 4.69) is 5.16 Å². The molecule has 1 unspecified atom stereocenters. The molecule has 2 aliphatic rings. The summed E-state index contributed by atoms with van der Waals surface area (Å²) in [4.78, 5) is 17.0. The van der Waals surface area contributed by atoms with Crippen LogP contribution in [0.1, 0.15) is 27.9 Å². The van der Waals surface area contributed by atoms with Crippen LogP contribution in [0.15, 0.2) is 65.9 Å². The minimum absolute atomic E-state index is 0.106. The number of allylic oxidation sites excluding steroid dienone is 6. The second-order valence-corrected chi connectivity index (χ2v) is 7.33. The molecule has 2 aliphatic carbocycles. The predicted molar refractivity (Wildman–Crippen MR) is 107 cm³/mol. The number of halogens is 5. The minimum Gasteiger partial charge on any atom is -0.312 e. The summed E-state index contributed by atoms with van der Waals surface area (Å²) in [5.41, 5.74) is 0.289. The van der Waals surface area contributed by atoms with E-state index in [-0.39, 0.29) is 11.8 Å². The fourth-order valence-corrected chi connectivity index (χ4v) is 3.89. The van der Waals surface area contributed by atoms with Crippen LogP contribution in [0.2, 0.25) is 0 Å². The van der Waals surface area contributed by atoms with Gasteiger partial charge >= 0.3 is 5.97 Å². The molecular formula is C24H16F5NO2. The van der Waals surface area contributed by atoms with E-state index in [1.54, 1.807) is 12.1 Å². The minimum atomic E-state index is -2.36. The molecule has 0 spiro atoms. The molecule has 0 radical (unpaired) electrons. The summed E-state index contributed by atoms with van der Waals surface area (Å²) in [6.45, 7) is 0. The second kappa shape index (κ2) is 8.90. The topological polar surface area (TPSA) is 38.7 Å². The zero-order valence-electron chi connectivity index (χ0n) is 16.5. The maximum absolute atomic E-state index is 14.0. The summed E-state index contributed by atoms with van der Waals surface area (Å²) in [5, 5.41) is 3.86. The van der Waals surface area contributed by atoms with Crippen molar-refractivity contribution in [1.29, 1.82) is 0 Å². The quantitative estimate of drug-likeness (QED) is 0.197. The van der Waals surface area contributed by atoms with E-state index < -0.39 is 40.6 Å². The molecule has 2 aromatic carbocycles. The summed E-state index contributed by atoms with van der Waals surface area (Å²) < 4.78 is 68.2. The van der Waals surface area contributed by atoms with Gasteiger partial charge in [-0.1, -0.05) is 65.9 Å². The van der Waals surface area contributed by atoms with Crippen LogP contribution in [0.25, 0.3) is 0 Å². The molecule has 1 atom stereocenters. The molecule has 0 saturated carbocycles. The average Bonchev–Trinajstić information content (AvgIpc) is 3.09. The molecule has 0 N–H and O–H groups in total. The van der Waals surface area contributed by atoms with E-state index in [1.165, 1.54) is 0 Å². The maximum Gasteiger partial charge on any atom is 0.371 e. The number of aryl methyl sites for hydroxylation is 1. The SMILES string of the molecule is O=C(O/N=C1\c2ccccc2CCC1C1C=CC=CC=C1)c1c(F)c(F)c(F)c(F)c1F. The molecule has 0 fully saturated rings. The van der Waals surface area contributed by atoms with Crippen LogP contribution < -0.4 is 0 Å². The Hall–Kier alpha value is -3.55. The van der Waals surface area contributed by atoms with Crippen LogP contribution >= 0.6 is 0 Å². The summed E-state index contributed by atoms with van der Waals surface area (Å²) in [6.07, 6.45) is 12.7. The van der Waals surface area contributed by atoms with E-state index >= 15 is 0 Å². The summed E-state index contributed by atoms with van der Waals surface area (Å²) >= 11 is 0. The van der Waals surface area contributed by atoms with Crippen LogP contribution in [0.3, 0.4) is 0 Å². The van der Waals surface area contributed by atoms with Crippen LogP contribution in [0, 0.1) is 40.9 Å². The molecular weight excluding hydrogens is 429 g/mol. The van der Waals surface area contributed by atoms with Crippen LogP contribution in [-0.2, 0) is 11.3 Å². The molecule has 2 aromatic rings. The number of oxime groups is 1. The Morgan fingerprint density at radius 3 is 2.09 bits per heavy atom. The Kier molecular flexibility index (Phi) is 6.03. The van der Waals surface area contributed by atoms with Crippen LogP contribution in [0.5, 0.6) is 0 Å². The third kappa shape index (κ3) is 3.88. The van der Waals surface area contributed by atoms with E-state index in [4.69, 9.17) is 4.84 Å². The highest BCUT2D eigenvalue weighted by atomic mass is 19.2. The van der Waals surface area contributed by atoms with Gasteiger partial charge < -0.3 is 4.84 Å². The molecule has 4 rings (SSSR count). The highest BCUT2D eigenvalue weighted by molar-refractivity contribution is 6.05. The molecule has 0 aromatic heterocycles. The standard InChI is InChI=1S/C24H16F5NO2/c25-18-17(19(26)21(28)22(29)20(18)27)24(31)32-30-23-15-10-6-5-9-14(15)11-12-16(23)13-7-3-1-2-4-8-13/h1-10,13,16H,11-12H2/b30-23+. The molecule has 0 saturated heterocycles. The van der Waals surface area contributed by atoms with Gasteiger partial charge in [-0.05, 0) is 18.4 Å². The Bertz CT molecular complexity index is 1150. The van der Waals surface area contributed by atoms with Gasteiger partial charge in [0.15, 0.2) is 23.3 Å². The largest absolute Gasteiger partial charge is 0.371 e. The smallest absolute Gasteiger partial charge is 0.312 e. The maximum atomic E-state index is 14.0. The molecule has 0 aliphatic heterocycles. The number of fused-ring (bicyclic) bond motifs is 1. The lowest BCUT2D eigenvalue weighted by Crippen LogP contribution is -2.29. The van der Waals surface area contributed by atoms with E-state index in [9.17, 15) is 26.7 Å². The zero-order chi connectivity index (χ0) is 22.8. The molecule has 164 valence electrons.